The molecule has 2 saturated heterocycles. The number of nitrogens with one attached hydrogen (secondary N) is 1. The van der Waals surface area contributed by atoms with E-state index in [2.05, 4.69) is 5.32 Å². The van der Waals surface area contributed by atoms with Crippen LogP contribution < -0.4 is 14.8 Å². The lowest BCUT2D eigenvalue weighted by molar-refractivity contribution is -0.124. The third-order valence-corrected chi connectivity index (χ3v) is 5.24. The van der Waals surface area contributed by atoms with Gasteiger partial charge in [0, 0.05) is 52.1 Å². The number of piperidine rings is 1. The Bertz CT molecular complexity index is 694. The summed E-state index contributed by atoms with van der Waals surface area (Å²) in [6.07, 6.45) is -0.954. The van der Waals surface area contributed by atoms with Gasteiger partial charge in [-0.1, -0.05) is 6.07 Å². The van der Waals surface area contributed by atoms with Crippen molar-refractivity contribution in [2.75, 3.05) is 53.0 Å². The normalized spacial score (nSPS) is 21.4. The molecule has 3 rings (SSSR count). The molecule has 0 spiro atoms. The molecule has 162 valence electrons. The Hall–Kier alpha value is -1.97. The molecule has 29 heavy (non-hydrogen) atoms. The Morgan fingerprint density at radius 3 is 2.66 bits per heavy atom. The van der Waals surface area contributed by atoms with Crippen molar-refractivity contribution >= 4 is 5.91 Å². The van der Waals surface area contributed by atoms with E-state index in [-0.39, 0.29) is 31.9 Å². The zero-order chi connectivity index (χ0) is 20.9. The van der Waals surface area contributed by atoms with Gasteiger partial charge < -0.3 is 19.9 Å². The van der Waals surface area contributed by atoms with E-state index < -0.39 is 12.0 Å². The van der Waals surface area contributed by atoms with E-state index in [0.717, 1.165) is 5.56 Å². The summed E-state index contributed by atoms with van der Waals surface area (Å²) in [6.45, 7) is 3.30. The monoisotopic (exact) mass is 413 g/mol. The van der Waals surface area contributed by atoms with Gasteiger partial charge in [0.15, 0.2) is 11.5 Å². The van der Waals surface area contributed by atoms with E-state index in [0.29, 0.717) is 50.8 Å². The van der Waals surface area contributed by atoms with E-state index in [1.54, 1.807) is 6.07 Å². The average molecular weight is 413 g/mol. The average Bonchev–Trinajstić information content (AvgIpc) is 2.68. The van der Waals surface area contributed by atoms with Crippen LogP contribution in [-0.2, 0) is 11.3 Å². The maximum Gasteiger partial charge on any atom is 0.250 e. The highest BCUT2D eigenvalue weighted by atomic mass is 19.3. The Morgan fingerprint density at radius 2 is 1.97 bits per heavy atom. The number of aliphatic hydroxyl groups is 1. The number of halogens is 2. The fourth-order valence-electron chi connectivity index (χ4n) is 3.61. The van der Waals surface area contributed by atoms with Crippen LogP contribution in [0.1, 0.15) is 18.4 Å². The highest BCUT2D eigenvalue weighted by Gasteiger charge is 2.33. The number of aliphatic hydroxyl groups excluding tert-OH is 1. The number of methoxy groups -OCH3 is 1. The van der Waals surface area contributed by atoms with Crippen LogP contribution in [0.4, 0.5) is 8.78 Å². The van der Waals surface area contributed by atoms with Gasteiger partial charge in [0.25, 0.3) is 5.92 Å². The van der Waals surface area contributed by atoms with Crippen LogP contribution in [0.2, 0.25) is 0 Å². The molecule has 1 amide bonds. The third kappa shape index (κ3) is 6.52. The van der Waals surface area contributed by atoms with Crippen molar-refractivity contribution in [1.29, 1.82) is 0 Å². The molecular formula is C20H29F2N3O4. The van der Waals surface area contributed by atoms with Crippen molar-refractivity contribution in [3.05, 3.63) is 23.8 Å². The predicted octanol–water partition coefficient (Wildman–Crippen LogP) is 1.10. The van der Waals surface area contributed by atoms with Gasteiger partial charge in [-0.3, -0.25) is 14.6 Å². The number of piperazine rings is 1. The third-order valence-electron chi connectivity index (χ3n) is 5.24. The molecule has 1 unspecified atom stereocenters. The lowest BCUT2D eigenvalue weighted by atomic mass is 10.1. The van der Waals surface area contributed by atoms with Gasteiger partial charge in [0.2, 0.25) is 5.91 Å². The molecule has 0 bridgehead atoms. The van der Waals surface area contributed by atoms with E-state index in [4.69, 9.17) is 9.47 Å². The molecule has 2 aliphatic heterocycles. The number of carbonyl (C=O) groups excluding carboxylic acids is 1. The topological polar surface area (TPSA) is 74.3 Å². The summed E-state index contributed by atoms with van der Waals surface area (Å²) in [5, 5.41) is 13.0. The second-order valence-corrected chi connectivity index (χ2v) is 7.67. The van der Waals surface area contributed by atoms with Gasteiger partial charge >= 0.3 is 0 Å². The number of hydrogen-bond donors (Lipinski definition) is 2. The van der Waals surface area contributed by atoms with E-state index in [1.807, 2.05) is 21.9 Å². The number of alkyl halides is 2. The van der Waals surface area contributed by atoms with E-state index in [1.165, 1.54) is 7.11 Å². The van der Waals surface area contributed by atoms with Gasteiger partial charge in [0.05, 0.1) is 13.7 Å². The largest absolute Gasteiger partial charge is 0.493 e. The molecule has 1 aromatic carbocycles. The minimum atomic E-state index is -2.55. The molecule has 0 radical (unpaired) electrons. The summed E-state index contributed by atoms with van der Waals surface area (Å²) in [4.78, 5) is 15.3. The fourth-order valence-corrected chi connectivity index (χ4v) is 3.61. The summed E-state index contributed by atoms with van der Waals surface area (Å²) in [7, 11) is 1.54. The summed E-state index contributed by atoms with van der Waals surface area (Å²) >= 11 is 0. The number of amides is 1. The second kappa shape index (κ2) is 9.69. The number of β-amino-alcohol motifs (C(OH)–C–C–N with tert-alkyl or cyclic N) is 1. The predicted molar refractivity (Wildman–Crippen MR) is 103 cm³/mol. The van der Waals surface area contributed by atoms with Gasteiger partial charge in [-0.15, -0.1) is 0 Å². The SMILES string of the molecule is COc1cc(CN2CCC(F)(F)CC2)ccc1OCC(O)CN1CCNC(=O)C1. The standard InChI is InChI=1S/C20H29F2N3O4/c1-28-18-10-15(11-24-7-4-20(21,22)5-8-24)2-3-17(18)29-14-16(26)12-25-9-6-23-19(27)13-25/h2-3,10,16,26H,4-9,11-14H2,1H3,(H,23,27). The first-order chi connectivity index (χ1) is 13.8. The van der Waals surface area contributed by atoms with E-state index >= 15 is 0 Å². The minimum absolute atomic E-state index is 0.0425. The quantitative estimate of drug-likeness (QED) is 0.665. The summed E-state index contributed by atoms with van der Waals surface area (Å²) in [5.74, 6) is -1.55. The highest BCUT2D eigenvalue weighted by Crippen LogP contribution is 2.31. The fraction of sp³-hybridized carbons (Fsp3) is 0.650. The van der Waals surface area contributed by atoms with Crippen LogP contribution in [-0.4, -0.2) is 85.8 Å². The van der Waals surface area contributed by atoms with Crippen molar-refractivity contribution in [2.24, 2.45) is 0 Å². The van der Waals surface area contributed by atoms with Crippen molar-refractivity contribution in [2.45, 2.75) is 31.4 Å². The van der Waals surface area contributed by atoms with Crippen LogP contribution in [0.3, 0.4) is 0 Å². The lowest BCUT2D eigenvalue weighted by Gasteiger charge is -2.31. The number of likely N-dealkylation sites (tertiary alicyclic amines) is 1. The maximum absolute atomic E-state index is 13.3. The highest BCUT2D eigenvalue weighted by molar-refractivity contribution is 5.78. The van der Waals surface area contributed by atoms with Gasteiger partial charge in [-0.2, -0.15) is 0 Å². The summed E-state index contributed by atoms with van der Waals surface area (Å²) in [5.41, 5.74) is 0.958. The van der Waals surface area contributed by atoms with Gasteiger partial charge in [0.1, 0.15) is 12.7 Å². The van der Waals surface area contributed by atoms with Crippen LogP contribution in [0.25, 0.3) is 0 Å². The molecular weight excluding hydrogens is 384 g/mol. The Morgan fingerprint density at radius 1 is 1.21 bits per heavy atom. The van der Waals surface area contributed by atoms with Crippen molar-refractivity contribution in [3.8, 4) is 11.5 Å². The van der Waals surface area contributed by atoms with Crippen LogP contribution in [0.15, 0.2) is 18.2 Å². The molecule has 1 atom stereocenters. The first-order valence-corrected chi connectivity index (χ1v) is 9.92. The van der Waals surface area contributed by atoms with Crippen molar-refractivity contribution in [1.82, 2.24) is 15.1 Å². The first-order valence-electron chi connectivity index (χ1n) is 9.92. The van der Waals surface area contributed by atoms with Crippen LogP contribution >= 0.6 is 0 Å². The molecule has 0 saturated carbocycles. The Labute approximate surface area is 169 Å². The number of carbonyl (C=O) groups is 1. The van der Waals surface area contributed by atoms with Gasteiger partial charge in [-0.25, -0.2) is 8.78 Å². The second-order valence-electron chi connectivity index (χ2n) is 7.67. The molecule has 2 fully saturated rings. The lowest BCUT2D eigenvalue weighted by Crippen LogP contribution is -2.50. The van der Waals surface area contributed by atoms with Gasteiger partial charge in [-0.05, 0) is 17.7 Å². The molecule has 1 aromatic rings. The van der Waals surface area contributed by atoms with Crippen LogP contribution in [0.5, 0.6) is 11.5 Å². The molecule has 2 aliphatic rings. The Kier molecular flexibility index (Phi) is 7.26. The number of ether oxygens (including phenoxy) is 2. The maximum atomic E-state index is 13.3. The number of rotatable bonds is 8. The molecule has 9 heteroatoms. The van der Waals surface area contributed by atoms with Crippen molar-refractivity contribution < 1.29 is 28.2 Å². The molecule has 2 N–H and O–H groups in total. The molecule has 7 nitrogen and oxygen atoms in total. The first kappa shape index (κ1) is 21.7. The zero-order valence-corrected chi connectivity index (χ0v) is 16.7. The summed E-state index contributed by atoms with van der Waals surface area (Å²) < 4.78 is 37.7. The summed E-state index contributed by atoms with van der Waals surface area (Å²) in [6, 6.07) is 5.49. The molecule has 0 aliphatic carbocycles. The molecule has 2 heterocycles. The number of nitrogens with zero attached hydrogens (tertiary/aromatic N) is 2. The number of benzene rings is 1. The van der Waals surface area contributed by atoms with E-state index in [9.17, 15) is 18.7 Å². The Balaban J connectivity index is 1.50. The molecule has 0 aromatic heterocycles. The van der Waals surface area contributed by atoms with Crippen molar-refractivity contribution in [3.63, 3.8) is 0 Å². The number of hydrogen-bond acceptors (Lipinski definition) is 6. The smallest absolute Gasteiger partial charge is 0.250 e. The minimum Gasteiger partial charge on any atom is -0.493 e. The zero-order valence-electron chi connectivity index (χ0n) is 16.7. The van der Waals surface area contributed by atoms with Crippen LogP contribution in [0, 0.1) is 0 Å².